The summed E-state index contributed by atoms with van der Waals surface area (Å²) in [5.74, 6) is 3.57. The number of rotatable bonds is 8. The predicted octanol–water partition coefficient (Wildman–Crippen LogP) is 6.49. The average molecular weight is 565 g/mol. The number of hydrogen-bond acceptors (Lipinski definition) is 5. The van der Waals surface area contributed by atoms with Gasteiger partial charge in [0.1, 0.15) is 0 Å². The number of pyridine rings is 1. The molecule has 8 heteroatoms. The van der Waals surface area contributed by atoms with E-state index < -0.39 is 0 Å². The smallest absolute Gasteiger partial charge is 0.234 e. The van der Waals surface area contributed by atoms with Crippen LogP contribution in [0.25, 0.3) is 11.4 Å². The van der Waals surface area contributed by atoms with E-state index in [2.05, 4.69) is 61.2 Å². The molecule has 0 saturated heterocycles. The summed E-state index contributed by atoms with van der Waals surface area (Å²) in [5, 5.41) is 12.5. The molecule has 4 fully saturated rings. The van der Waals surface area contributed by atoms with Gasteiger partial charge in [-0.2, -0.15) is 0 Å². The Labute approximate surface area is 224 Å². The van der Waals surface area contributed by atoms with E-state index in [9.17, 15) is 4.79 Å². The van der Waals surface area contributed by atoms with Crippen LogP contribution < -0.4 is 5.32 Å². The molecule has 2 aromatic heterocycles. The van der Waals surface area contributed by atoms with Crippen molar-refractivity contribution < 1.29 is 4.79 Å². The zero-order chi connectivity index (χ0) is 24.7. The molecule has 4 bridgehead atoms. The highest BCUT2D eigenvalue weighted by atomic mass is 79.9. The Morgan fingerprint density at radius 2 is 1.92 bits per heavy atom. The van der Waals surface area contributed by atoms with E-state index in [1.165, 1.54) is 55.9 Å². The summed E-state index contributed by atoms with van der Waals surface area (Å²) < 4.78 is 2.88. The lowest BCUT2D eigenvalue weighted by Crippen LogP contribution is -2.48. The molecule has 3 aromatic rings. The van der Waals surface area contributed by atoms with Crippen LogP contribution in [-0.2, 0) is 16.8 Å². The maximum atomic E-state index is 13.0. The van der Waals surface area contributed by atoms with Gasteiger partial charge in [-0.3, -0.25) is 14.3 Å². The van der Waals surface area contributed by atoms with E-state index in [0.29, 0.717) is 17.1 Å². The van der Waals surface area contributed by atoms with Crippen molar-refractivity contribution in [1.82, 2.24) is 19.7 Å². The zero-order valence-corrected chi connectivity index (χ0v) is 22.6. The van der Waals surface area contributed by atoms with Crippen LogP contribution >= 0.6 is 27.7 Å². The summed E-state index contributed by atoms with van der Waals surface area (Å²) in [6, 6.07) is 10.4. The van der Waals surface area contributed by atoms with Gasteiger partial charge in [0, 0.05) is 29.0 Å². The highest BCUT2D eigenvalue weighted by molar-refractivity contribution is 9.10. The second-order valence-corrected chi connectivity index (χ2v) is 12.5. The molecule has 4 saturated carbocycles. The summed E-state index contributed by atoms with van der Waals surface area (Å²) in [6.45, 7) is 4.42. The van der Waals surface area contributed by atoms with Crippen molar-refractivity contribution in [3.8, 4) is 11.4 Å². The third-order valence-electron chi connectivity index (χ3n) is 8.17. The highest BCUT2D eigenvalue weighted by Crippen LogP contribution is 2.61. The van der Waals surface area contributed by atoms with Crippen LogP contribution in [0.2, 0.25) is 0 Å². The number of nitrogens with one attached hydrogen (secondary N) is 1. The molecular formula is C28H30BrN5OS. The molecule has 0 atom stereocenters. The SMILES string of the molecule is C=CCn1c(SCC(=O)Nc2cc(C34CC5CC(CC(C5)C3)C4)ccc2Br)nnc1-c1cccnc1. The lowest BCUT2D eigenvalue weighted by Gasteiger charge is -2.57. The predicted molar refractivity (Wildman–Crippen MR) is 147 cm³/mol. The summed E-state index contributed by atoms with van der Waals surface area (Å²) in [4.78, 5) is 17.2. The maximum Gasteiger partial charge on any atom is 0.234 e. The van der Waals surface area contributed by atoms with Crippen molar-refractivity contribution in [2.75, 3.05) is 11.1 Å². The molecule has 7 rings (SSSR count). The number of allylic oxidation sites excluding steroid dienone is 1. The number of halogens is 1. The Balaban J connectivity index is 1.16. The van der Waals surface area contributed by atoms with Crippen molar-refractivity contribution in [1.29, 1.82) is 0 Å². The van der Waals surface area contributed by atoms with Crippen LogP contribution in [-0.4, -0.2) is 31.4 Å². The van der Waals surface area contributed by atoms with E-state index in [1.807, 2.05) is 16.7 Å². The molecular weight excluding hydrogens is 534 g/mol. The van der Waals surface area contributed by atoms with Crippen LogP contribution in [0.1, 0.15) is 44.1 Å². The maximum absolute atomic E-state index is 13.0. The molecule has 0 aliphatic heterocycles. The molecule has 4 aliphatic carbocycles. The minimum Gasteiger partial charge on any atom is -0.324 e. The molecule has 1 N–H and O–H groups in total. The molecule has 2 heterocycles. The first-order valence-electron chi connectivity index (χ1n) is 12.7. The van der Waals surface area contributed by atoms with E-state index >= 15 is 0 Å². The lowest BCUT2D eigenvalue weighted by atomic mass is 9.48. The molecule has 6 nitrogen and oxygen atoms in total. The fourth-order valence-electron chi connectivity index (χ4n) is 7.13. The largest absolute Gasteiger partial charge is 0.324 e. The van der Waals surface area contributed by atoms with Crippen molar-refractivity contribution in [3.63, 3.8) is 0 Å². The normalized spacial score (nSPS) is 26.2. The second kappa shape index (κ2) is 9.78. The van der Waals surface area contributed by atoms with E-state index in [-0.39, 0.29) is 11.7 Å². The van der Waals surface area contributed by atoms with Crippen LogP contribution in [0.3, 0.4) is 0 Å². The third-order valence-corrected chi connectivity index (χ3v) is 9.83. The van der Waals surface area contributed by atoms with Crippen molar-refractivity contribution in [2.45, 2.75) is 55.6 Å². The number of nitrogens with zero attached hydrogens (tertiary/aromatic N) is 4. The highest BCUT2D eigenvalue weighted by Gasteiger charge is 2.51. The second-order valence-electron chi connectivity index (χ2n) is 10.7. The average Bonchev–Trinajstić information content (AvgIpc) is 3.26. The van der Waals surface area contributed by atoms with Gasteiger partial charge in [0.05, 0.1) is 11.4 Å². The van der Waals surface area contributed by atoms with Crippen molar-refractivity contribution in [2.24, 2.45) is 17.8 Å². The Kier molecular flexibility index (Phi) is 6.50. The lowest BCUT2D eigenvalue weighted by molar-refractivity contribution is -0.113. The molecule has 0 unspecified atom stereocenters. The summed E-state index contributed by atoms with van der Waals surface area (Å²) in [6.07, 6.45) is 13.5. The molecule has 4 aliphatic rings. The number of thioether (sulfide) groups is 1. The molecule has 186 valence electrons. The third kappa shape index (κ3) is 4.54. The van der Waals surface area contributed by atoms with Gasteiger partial charge in [-0.1, -0.05) is 23.9 Å². The molecule has 0 spiro atoms. The Hall–Kier alpha value is -2.45. The quantitative estimate of drug-likeness (QED) is 0.250. The number of aromatic nitrogens is 4. The van der Waals surface area contributed by atoms with Gasteiger partial charge in [-0.05, 0) is 107 Å². The van der Waals surface area contributed by atoms with Gasteiger partial charge in [0.2, 0.25) is 5.91 Å². The van der Waals surface area contributed by atoms with Gasteiger partial charge in [0.15, 0.2) is 11.0 Å². The Morgan fingerprint density at radius 1 is 1.17 bits per heavy atom. The van der Waals surface area contributed by atoms with Crippen LogP contribution in [0, 0.1) is 17.8 Å². The molecule has 1 amide bonds. The Bertz CT molecular complexity index is 1260. The number of carbonyl (C=O) groups excluding carboxylic acids is 1. The molecule has 1 aromatic carbocycles. The minimum atomic E-state index is -0.0561. The fraction of sp³-hybridized carbons (Fsp3) is 0.429. The van der Waals surface area contributed by atoms with E-state index in [1.54, 1.807) is 18.5 Å². The van der Waals surface area contributed by atoms with Crippen LogP contribution in [0.15, 0.2) is 65.0 Å². The van der Waals surface area contributed by atoms with Gasteiger partial charge in [0.25, 0.3) is 0 Å². The van der Waals surface area contributed by atoms with Gasteiger partial charge in [-0.15, -0.1) is 16.8 Å². The summed E-state index contributed by atoms with van der Waals surface area (Å²) >= 11 is 5.04. The standard InChI is InChI=1S/C28H30BrN5OS/c1-2-8-34-26(21-4-3-7-30-16-21)32-33-27(34)36-17-25(35)31-24-12-22(5-6-23(24)29)28-13-18-9-19(14-28)11-20(10-18)15-28/h2-7,12,16,18-20H,1,8-11,13-15,17H2,(H,31,35). The number of anilines is 1. The summed E-state index contributed by atoms with van der Waals surface area (Å²) in [5.41, 5.74) is 3.44. The Morgan fingerprint density at radius 3 is 2.58 bits per heavy atom. The van der Waals surface area contributed by atoms with Gasteiger partial charge < -0.3 is 5.32 Å². The van der Waals surface area contributed by atoms with Crippen LogP contribution in [0.5, 0.6) is 0 Å². The molecule has 0 radical (unpaired) electrons. The minimum absolute atomic E-state index is 0.0561. The first-order valence-corrected chi connectivity index (χ1v) is 14.5. The zero-order valence-electron chi connectivity index (χ0n) is 20.2. The number of hydrogen-bond donors (Lipinski definition) is 1. The topological polar surface area (TPSA) is 72.7 Å². The van der Waals surface area contributed by atoms with E-state index in [4.69, 9.17) is 0 Å². The molecule has 36 heavy (non-hydrogen) atoms. The van der Waals surface area contributed by atoms with Gasteiger partial charge in [-0.25, -0.2) is 0 Å². The number of benzene rings is 1. The monoisotopic (exact) mass is 563 g/mol. The van der Waals surface area contributed by atoms with Gasteiger partial charge >= 0.3 is 0 Å². The summed E-state index contributed by atoms with van der Waals surface area (Å²) in [7, 11) is 0. The van der Waals surface area contributed by atoms with Crippen molar-refractivity contribution in [3.05, 3.63) is 65.4 Å². The number of amides is 1. The van der Waals surface area contributed by atoms with Crippen LogP contribution in [0.4, 0.5) is 5.69 Å². The first kappa shape index (κ1) is 23.9. The van der Waals surface area contributed by atoms with Crippen molar-refractivity contribution >= 4 is 39.3 Å². The fourth-order valence-corrected chi connectivity index (χ4v) is 8.22. The number of carbonyl (C=O) groups is 1. The first-order chi connectivity index (χ1) is 17.5. The van der Waals surface area contributed by atoms with E-state index in [0.717, 1.165) is 39.3 Å².